The molecule has 0 saturated heterocycles. The van der Waals surface area contributed by atoms with Crippen molar-refractivity contribution in [2.75, 3.05) is 0 Å². The highest BCUT2D eigenvalue weighted by Gasteiger charge is 2.17. The van der Waals surface area contributed by atoms with Gasteiger partial charge in [0.15, 0.2) is 0 Å². The summed E-state index contributed by atoms with van der Waals surface area (Å²) >= 11 is 0. The largest absolute Gasteiger partial charge is 0.508 e. The molecule has 4 aliphatic carbocycles. The SMILES string of the molecule is O=C(Oc1cc2ccc1CCc1ccc(c(O)c1)CC2)c1cc2ccc3cccc4ccc(c1)c2c34. The smallest absolute Gasteiger partial charge is 0.343 e. The predicted octanol–water partition coefficient (Wildman–Crippen LogP) is 7.39. The number of esters is 1. The summed E-state index contributed by atoms with van der Waals surface area (Å²) in [5, 5.41) is 17.3. The van der Waals surface area contributed by atoms with Crippen molar-refractivity contribution >= 4 is 38.3 Å². The second-order valence-corrected chi connectivity index (χ2v) is 9.80. The summed E-state index contributed by atoms with van der Waals surface area (Å²) in [6.45, 7) is 0. The molecule has 0 saturated carbocycles. The van der Waals surface area contributed by atoms with E-state index in [0.717, 1.165) is 58.7 Å². The van der Waals surface area contributed by atoms with Crippen molar-refractivity contribution in [1.29, 1.82) is 0 Å². The highest BCUT2D eigenvalue weighted by molar-refractivity contribution is 6.24. The number of rotatable bonds is 2. The highest BCUT2D eigenvalue weighted by atomic mass is 16.5. The molecule has 6 aromatic rings. The van der Waals surface area contributed by atoms with E-state index >= 15 is 0 Å². The fraction of sp³-hybridized carbons (Fsp3) is 0.121. The van der Waals surface area contributed by atoms with Crippen LogP contribution in [0.1, 0.15) is 32.6 Å². The van der Waals surface area contributed by atoms with E-state index in [1.54, 1.807) is 0 Å². The average molecular weight is 469 g/mol. The molecule has 3 heteroatoms. The standard InChI is InChI=1S/C33H24O3/c34-29-16-20-4-8-22(29)9-5-21-7-11-23(10-6-20)30(17-21)36-33(35)28-18-26-14-12-24-2-1-3-25-13-15-27(19-28)32(26)31(24)25/h1-4,7-8,11-19,34H,5-6,9-10H2. The van der Waals surface area contributed by atoms with Gasteiger partial charge in [-0.05, 0) is 105 Å². The molecule has 0 unspecified atom stereocenters. The molecule has 0 heterocycles. The fourth-order valence-electron chi connectivity index (χ4n) is 5.62. The highest BCUT2D eigenvalue weighted by Crippen LogP contribution is 2.35. The number of phenolic OH excluding ortho intramolecular Hbond substituents is 1. The van der Waals surface area contributed by atoms with Gasteiger partial charge in [0.25, 0.3) is 0 Å². The van der Waals surface area contributed by atoms with Crippen molar-refractivity contribution in [2.24, 2.45) is 0 Å². The Morgan fingerprint density at radius 2 is 1.19 bits per heavy atom. The maximum Gasteiger partial charge on any atom is 0.343 e. The third kappa shape index (κ3) is 3.47. The van der Waals surface area contributed by atoms with Crippen LogP contribution in [0.25, 0.3) is 32.3 Å². The zero-order valence-electron chi connectivity index (χ0n) is 19.8. The Morgan fingerprint density at radius 1 is 0.611 bits per heavy atom. The molecule has 4 aliphatic rings. The summed E-state index contributed by atoms with van der Waals surface area (Å²) in [5.74, 6) is 0.650. The topological polar surface area (TPSA) is 46.5 Å². The monoisotopic (exact) mass is 468 g/mol. The Labute approximate surface area is 208 Å². The minimum Gasteiger partial charge on any atom is -0.508 e. The molecule has 4 bridgehead atoms. The van der Waals surface area contributed by atoms with E-state index in [2.05, 4.69) is 60.7 Å². The van der Waals surface area contributed by atoms with Crippen LogP contribution in [0.15, 0.2) is 91.0 Å². The Hall–Kier alpha value is -4.37. The molecular formula is C33H24O3. The van der Waals surface area contributed by atoms with E-state index in [1.807, 2.05) is 30.3 Å². The quantitative estimate of drug-likeness (QED) is 0.164. The maximum absolute atomic E-state index is 13.4. The van der Waals surface area contributed by atoms with Crippen LogP contribution < -0.4 is 4.74 Å². The zero-order chi connectivity index (χ0) is 24.2. The first kappa shape index (κ1) is 21.0. The van der Waals surface area contributed by atoms with Crippen LogP contribution in [-0.4, -0.2) is 11.1 Å². The number of carbonyl (C=O) groups excluding carboxylic acids is 1. The van der Waals surface area contributed by atoms with Crippen molar-refractivity contribution in [2.45, 2.75) is 25.7 Å². The van der Waals surface area contributed by atoms with Crippen LogP contribution in [0.5, 0.6) is 11.5 Å². The van der Waals surface area contributed by atoms with Crippen molar-refractivity contribution in [3.63, 3.8) is 0 Å². The molecule has 0 amide bonds. The van der Waals surface area contributed by atoms with Gasteiger partial charge in [0, 0.05) is 0 Å². The van der Waals surface area contributed by atoms with E-state index in [1.165, 1.54) is 21.5 Å². The summed E-state index contributed by atoms with van der Waals surface area (Å²) in [6, 6.07) is 30.8. The van der Waals surface area contributed by atoms with Crippen LogP contribution in [0.4, 0.5) is 0 Å². The van der Waals surface area contributed by atoms with E-state index in [4.69, 9.17) is 4.74 Å². The van der Waals surface area contributed by atoms with Gasteiger partial charge in [0.2, 0.25) is 0 Å². The first-order valence-electron chi connectivity index (χ1n) is 12.4. The molecule has 3 nitrogen and oxygen atoms in total. The van der Waals surface area contributed by atoms with E-state index in [-0.39, 0.29) is 5.97 Å². The molecule has 0 aromatic heterocycles. The van der Waals surface area contributed by atoms with Gasteiger partial charge >= 0.3 is 5.97 Å². The lowest BCUT2D eigenvalue weighted by Gasteiger charge is -2.16. The normalized spacial score (nSPS) is 13.3. The van der Waals surface area contributed by atoms with Crippen LogP contribution in [0, 0.1) is 0 Å². The second kappa shape index (κ2) is 8.10. The minimum absolute atomic E-state index is 0.341. The molecule has 10 rings (SSSR count). The van der Waals surface area contributed by atoms with Gasteiger partial charge in [-0.3, -0.25) is 0 Å². The molecule has 0 fully saturated rings. The lowest BCUT2D eigenvalue weighted by molar-refractivity contribution is 0.0733. The van der Waals surface area contributed by atoms with E-state index < -0.39 is 0 Å². The number of hydrogen-bond acceptors (Lipinski definition) is 3. The Kier molecular flexibility index (Phi) is 4.71. The predicted molar refractivity (Wildman–Crippen MR) is 144 cm³/mol. The van der Waals surface area contributed by atoms with Gasteiger partial charge in [-0.1, -0.05) is 66.7 Å². The molecule has 1 N–H and O–H groups in total. The van der Waals surface area contributed by atoms with Crippen LogP contribution in [-0.2, 0) is 25.7 Å². The Morgan fingerprint density at radius 3 is 1.89 bits per heavy atom. The average Bonchev–Trinajstić information content (AvgIpc) is 2.89. The molecule has 174 valence electrons. The maximum atomic E-state index is 13.4. The Balaban J connectivity index is 1.25. The molecule has 0 radical (unpaired) electrons. The number of ether oxygens (including phenoxy) is 1. The van der Waals surface area contributed by atoms with Gasteiger partial charge in [0.1, 0.15) is 11.5 Å². The molecule has 6 aromatic carbocycles. The molecule has 0 aliphatic heterocycles. The van der Waals surface area contributed by atoms with Gasteiger partial charge in [-0.15, -0.1) is 0 Å². The molecule has 0 spiro atoms. The van der Waals surface area contributed by atoms with Crippen molar-refractivity contribution in [1.82, 2.24) is 0 Å². The van der Waals surface area contributed by atoms with Crippen LogP contribution >= 0.6 is 0 Å². The third-order valence-corrected chi connectivity index (χ3v) is 7.55. The van der Waals surface area contributed by atoms with Gasteiger partial charge in [0.05, 0.1) is 5.56 Å². The first-order valence-corrected chi connectivity index (χ1v) is 12.4. The van der Waals surface area contributed by atoms with Crippen LogP contribution in [0.2, 0.25) is 0 Å². The number of aromatic hydroxyl groups is 1. The number of hydrogen-bond donors (Lipinski definition) is 1. The lowest BCUT2D eigenvalue weighted by atomic mass is 9.93. The zero-order valence-corrected chi connectivity index (χ0v) is 19.8. The van der Waals surface area contributed by atoms with Crippen LogP contribution in [0.3, 0.4) is 0 Å². The van der Waals surface area contributed by atoms with Gasteiger partial charge in [-0.2, -0.15) is 0 Å². The van der Waals surface area contributed by atoms with E-state index in [9.17, 15) is 9.90 Å². The first-order chi connectivity index (χ1) is 17.6. The summed E-state index contributed by atoms with van der Waals surface area (Å²) in [4.78, 5) is 13.4. The molecular weight excluding hydrogens is 444 g/mol. The minimum atomic E-state index is -0.341. The molecule has 0 atom stereocenters. The van der Waals surface area contributed by atoms with Crippen molar-refractivity contribution < 1.29 is 14.6 Å². The lowest BCUT2D eigenvalue weighted by Crippen LogP contribution is -2.11. The van der Waals surface area contributed by atoms with Gasteiger partial charge in [-0.25, -0.2) is 4.79 Å². The van der Waals surface area contributed by atoms with Gasteiger partial charge < -0.3 is 9.84 Å². The molecule has 36 heavy (non-hydrogen) atoms. The Bertz CT molecular complexity index is 1730. The fourth-order valence-corrected chi connectivity index (χ4v) is 5.62. The summed E-state index contributed by atoms with van der Waals surface area (Å²) < 4.78 is 6.06. The second-order valence-electron chi connectivity index (χ2n) is 9.80. The van der Waals surface area contributed by atoms with Crippen molar-refractivity contribution in [3.05, 3.63) is 119 Å². The summed E-state index contributed by atoms with van der Waals surface area (Å²) in [7, 11) is 0. The van der Waals surface area contributed by atoms with E-state index in [0.29, 0.717) is 17.1 Å². The number of carbonyl (C=O) groups is 1. The van der Waals surface area contributed by atoms with Crippen molar-refractivity contribution in [3.8, 4) is 11.5 Å². The third-order valence-electron chi connectivity index (χ3n) is 7.55. The number of benzene rings is 6. The summed E-state index contributed by atoms with van der Waals surface area (Å²) in [6.07, 6.45) is 2.98. The number of phenols is 1. The summed E-state index contributed by atoms with van der Waals surface area (Å²) in [5.41, 5.74) is 4.65. The number of aryl methyl sites for hydroxylation is 4.